The first-order valence-corrected chi connectivity index (χ1v) is 5.66. The predicted octanol–water partition coefficient (Wildman–Crippen LogP) is 0.708. The molecule has 0 bridgehead atoms. The van der Waals surface area contributed by atoms with Crippen LogP contribution in [0.2, 0.25) is 0 Å². The smallest absolute Gasteiger partial charge is 0.141 e. The Labute approximate surface area is 66.8 Å². The molecule has 0 radical (unpaired) electrons. The van der Waals surface area contributed by atoms with Crippen LogP contribution in [0, 0.1) is 12.3 Å². The van der Waals surface area contributed by atoms with E-state index in [1.807, 2.05) is 0 Å². The number of hydrogen-bond acceptors (Lipinski definition) is 3. The van der Waals surface area contributed by atoms with E-state index in [4.69, 9.17) is 10.6 Å². The minimum absolute atomic E-state index is 0.392. The summed E-state index contributed by atoms with van der Waals surface area (Å²) >= 11 is 4.49. The summed E-state index contributed by atoms with van der Waals surface area (Å²) in [6.07, 6.45) is 7.73. The summed E-state index contributed by atoms with van der Waals surface area (Å²) in [6.45, 7) is 0.392. The maximum absolute atomic E-state index is 10.7. The first-order chi connectivity index (χ1) is 4.56. The van der Waals surface area contributed by atoms with Crippen molar-refractivity contribution in [3.8, 4) is 12.3 Å². The van der Waals surface area contributed by atoms with Gasteiger partial charge in [-0.25, -0.2) is 4.21 Å². The second-order valence-electron chi connectivity index (χ2n) is 1.83. The Morgan fingerprint density at radius 2 is 2.40 bits per heavy atom. The number of terminal acetylenes is 1. The average Bonchev–Trinajstić information content (AvgIpc) is 1.78. The zero-order chi connectivity index (χ0) is 8.04. The molecule has 0 spiro atoms. The Morgan fingerprint density at radius 1 is 1.80 bits per heavy atom. The van der Waals surface area contributed by atoms with Gasteiger partial charge in [-0.05, 0) is 6.42 Å². The van der Waals surface area contributed by atoms with E-state index in [9.17, 15) is 4.21 Å². The van der Waals surface area contributed by atoms with Gasteiger partial charge in [0, 0.05) is 23.9 Å². The van der Waals surface area contributed by atoms with Crippen molar-refractivity contribution < 1.29 is 8.39 Å². The Hall–Kier alpha value is -0.110. The summed E-state index contributed by atoms with van der Waals surface area (Å²) in [7, 11) is -2.44. The van der Waals surface area contributed by atoms with E-state index in [0.29, 0.717) is 13.0 Å². The summed E-state index contributed by atoms with van der Waals surface area (Å²) in [5.41, 5.74) is 0. The molecular weight excluding hydrogens is 168 g/mol. The van der Waals surface area contributed by atoms with Gasteiger partial charge < -0.3 is 0 Å². The standard InChI is InChI=1S/C6H10O2S2/c1-3-4-5-6-8-10(2,7)9/h1H,4-6H2,2H3. The molecule has 2 nitrogen and oxygen atoms in total. The van der Waals surface area contributed by atoms with E-state index < -0.39 is 8.77 Å². The van der Waals surface area contributed by atoms with Crippen LogP contribution < -0.4 is 0 Å². The second-order valence-corrected chi connectivity index (χ2v) is 5.29. The lowest BCUT2D eigenvalue weighted by Crippen LogP contribution is -2.02. The minimum atomic E-state index is -2.44. The molecule has 0 aliphatic rings. The molecule has 0 fully saturated rings. The lowest BCUT2D eigenvalue weighted by molar-refractivity contribution is 0.343. The van der Waals surface area contributed by atoms with Crippen molar-refractivity contribution in [2.45, 2.75) is 12.8 Å². The topological polar surface area (TPSA) is 26.3 Å². The molecule has 0 amide bonds. The fraction of sp³-hybridized carbons (Fsp3) is 0.667. The van der Waals surface area contributed by atoms with E-state index in [0.717, 1.165) is 6.42 Å². The summed E-state index contributed by atoms with van der Waals surface area (Å²) in [6, 6.07) is 0. The van der Waals surface area contributed by atoms with Gasteiger partial charge >= 0.3 is 0 Å². The third-order valence-corrected chi connectivity index (χ3v) is 1.65. The largest absolute Gasteiger partial charge is 0.290 e. The molecule has 1 atom stereocenters. The molecule has 0 N–H and O–H groups in total. The van der Waals surface area contributed by atoms with E-state index in [1.54, 1.807) is 0 Å². The monoisotopic (exact) mass is 178 g/mol. The zero-order valence-electron chi connectivity index (χ0n) is 5.83. The Balaban J connectivity index is 3.32. The van der Waals surface area contributed by atoms with Crippen LogP contribution in [0.25, 0.3) is 0 Å². The highest BCUT2D eigenvalue weighted by atomic mass is 32.8. The molecule has 0 aliphatic carbocycles. The van der Waals surface area contributed by atoms with Crippen LogP contribution in [0.3, 0.4) is 0 Å². The average molecular weight is 178 g/mol. The summed E-state index contributed by atoms with van der Waals surface area (Å²) in [5.74, 6) is 2.45. The highest BCUT2D eigenvalue weighted by Gasteiger charge is 1.94. The third kappa shape index (κ3) is 7.89. The summed E-state index contributed by atoms with van der Waals surface area (Å²) < 4.78 is 15.5. The lowest BCUT2D eigenvalue weighted by atomic mass is 10.3. The first-order valence-electron chi connectivity index (χ1n) is 2.84. The molecule has 0 saturated heterocycles. The second kappa shape index (κ2) is 4.67. The number of rotatable bonds is 4. The van der Waals surface area contributed by atoms with Crippen molar-refractivity contribution >= 4 is 20.0 Å². The van der Waals surface area contributed by atoms with Crippen molar-refractivity contribution in [2.75, 3.05) is 12.9 Å². The van der Waals surface area contributed by atoms with Crippen molar-refractivity contribution in [2.24, 2.45) is 0 Å². The third-order valence-electron chi connectivity index (χ3n) is 0.763. The molecule has 4 heteroatoms. The molecule has 0 aromatic heterocycles. The number of hydrogen-bond donors (Lipinski definition) is 0. The first kappa shape index (κ1) is 9.89. The summed E-state index contributed by atoms with van der Waals surface area (Å²) in [5, 5.41) is 0. The van der Waals surface area contributed by atoms with Crippen molar-refractivity contribution in [3.63, 3.8) is 0 Å². The van der Waals surface area contributed by atoms with Crippen LogP contribution in [0.15, 0.2) is 0 Å². The molecule has 0 heterocycles. The van der Waals surface area contributed by atoms with Gasteiger partial charge in [-0.1, -0.05) is 0 Å². The SMILES string of the molecule is C#CCCCOS(C)(=O)=S. The van der Waals surface area contributed by atoms with Gasteiger partial charge in [0.2, 0.25) is 0 Å². The van der Waals surface area contributed by atoms with Crippen LogP contribution >= 0.6 is 0 Å². The van der Waals surface area contributed by atoms with E-state index >= 15 is 0 Å². The van der Waals surface area contributed by atoms with Gasteiger partial charge in [0.15, 0.2) is 0 Å². The molecule has 1 unspecified atom stereocenters. The van der Waals surface area contributed by atoms with Gasteiger partial charge in [0.05, 0.1) is 6.61 Å². The number of unbranched alkanes of at least 4 members (excludes halogenated alkanes) is 1. The van der Waals surface area contributed by atoms with E-state index in [-0.39, 0.29) is 0 Å². The highest BCUT2D eigenvalue weighted by Crippen LogP contribution is 1.92. The molecule has 10 heavy (non-hydrogen) atoms. The normalized spacial score (nSPS) is 15.6. The molecule has 0 aromatic carbocycles. The molecule has 0 aromatic rings. The molecule has 0 saturated carbocycles. The zero-order valence-corrected chi connectivity index (χ0v) is 7.46. The molecular formula is C6H10O2S2. The highest BCUT2D eigenvalue weighted by molar-refractivity contribution is 8.29. The minimum Gasteiger partial charge on any atom is -0.290 e. The van der Waals surface area contributed by atoms with Crippen molar-refractivity contribution in [1.82, 2.24) is 0 Å². The quantitative estimate of drug-likeness (QED) is 0.468. The van der Waals surface area contributed by atoms with Crippen LogP contribution in [-0.2, 0) is 24.1 Å². The fourth-order valence-electron chi connectivity index (χ4n) is 0.385. The Bertz CT molecular complexity index is 210. The fourth-order valence-corrected chi connectivity index (χ4v) is 1.01. The molecule has 58 valence electrons. The summed E-state index contributed by atoms with van der Waals surface area (Å²) in [4.78, 5) is 0. The van der Waals surface area contributed by atoms with Crippen LogP contribution in [0.4, 0.5) is 0 Å². The van der Waals surface area contributed by atoms with E-state index in [2.05, 4.69) is 17.1 Å². The van der Waals surface area contributed by atoms with Crippen molar-refractivity contribution in [3.05, 3.63) is 0 Å². The molecule has 0 aliphatic heterocycles. The maximum atomic E-state index is 10.7. The van der Waals surface area contributed by atoms with Gasteiger partial charge in [-0.2, -0.15) is 0 Å². The van der Waals surface area contributed by atoms with Crippen molar-refractivity contribution in [1.29, 1.82) is 0 Å². The van der Waals surface area contributed by atoms with Gasteiger partial charge in [0.1, 0.15) is 8.77 Å². The predicted molar refractivity (Wildman–Crippen MR) is 45.5 cm³/mol. The van der Waals surface area contributed by atoms with E-state index in [1.165, 1.54) is 6.26 Å². The van der Waals surface area contributed by atoms with Crippen LogP contribution in [-0.4, -0.2) is 17.1 Å². The Morgan fingerprint density at radius 3 is 2.80 bits per heavy atom. The van der Waals surface area contributed by atoms with Gasteiger partial charge in [-0.3, -0.25) is 4.18 Å². The van der Waals surface area contributed by atoms with Crippen LogP contribution in [0.1, 0.15) is 12.8 Å². The van der Waals surface area contributed by atoms with Gasteiger partial charge in [-0.15, -0.1) is 12.3 Å². The molecule has 0 rings (SSSR count). The van der Waals surface area contributed by atoms with Gasteiger partial charge in [0.25, 0.3) is 0 Å². The maximum Gasteiger partial charge on any atom is 0.141 e. The van der Waals surface area contributed by atoms with Crippen LogP contribution in [0.5, 0.6) is 0 Å². The lowest BCUT2D eigenvalue weighted by Gasteiger charge is -1.99. The Kier molecular flexibility index (Phi) is 4.62.